The van der Waals surface area contributed by atoms with Gasteiger partial charge in [0.2, 0.25) is 0 Å². The molecule has 1 atom stereocenters. The second kappa shape index (κ2) is 5.71. The van der Waals surface area contributed by atoms with Crippen LogP contribution in [-0.4, -0.2) is 37.0 Å². The number of carbonyl (C=O) groups excluding carboxylic acids is 1. The van der Waals surface area contributed by atoms with Gasteiger partial charge in [0.05, 0.1) is 5.56 Å². The lowest BCUT2D eigenvalue weighted by Crippen LogP contribution is -2.38. The maximum atomic E-state index is 12.1. The molecule has 1 saturated heterocycles. The number of rotatable bonds is 3. The van der Waals surface area contributed by atoms with Crippen LogP contribution in [-0.2, 0) is 0 Å². The summed E-state index contributed by atoms with van der Waals surface area (Å²) in [6.07, 6.45) is 2.36. The molecule has 1 aromatic rings. The minimum atomic E-state index is -0.0746. The van der Waals surface area contributed by atoms with E-state index in [0.717, 1.165) is 17.4 Å². The van der Waals surface area contributed by atoms with Crippen molar-refractivity contribution in [3.63, 3.8) is 0 Å². The van der Waals surface area contributed by atoms with Gasteiger partial charge in [-0.2, -0.15) is 0 Å². The van der Waals surface area contributed by atoms with Crippen molar-refractivity contribution in [3.8, 4) is 0 Å². The molecular weight excluding hydrogens is 294 g/mol. The van der Waals surface area contributed by atoms with Crippen LogP contribution in [0.2, 0.25) is 0 Å². The normalized spacial score (nSPS) is 20.0. The number of nitrogens with two attached hydrogens (primary N) is 1. The van der Waals surface area contributed by atoms with Crippen molar-refractivity contribution in [2.75, 3.05) is 25.9 Å². The zero-order valence-corrected chi connectivity index (χ0v) is 12.0. The monoisotopic (exact) mass is 311 g/mol. The number of nitrogens with one attached hydrogen (secondary N) is 1. The maximum absolute atomic E-state index is 12.1. The Labute approximate surface area is 116 Å². The summed E-state index contributed by atoms with van der Waals surface area (Å²) >= 11 is 3.37. The van der Waals surface area contributed by atoms with Crippen LogP contribution in [0, 0.1) is 0 Å². The molecule has 0 saturated carbocycles. The Morgan fingerprint density at radius 2 is 2.39 bits per heavy atom. The highest BCUT2D eigenvalue weighted by Gasteiger charge is 2.21. The molecule has 0 bridgehead atoms. The average molecular weight is 312 g/mol. The first-order valence-electron chi connectivity index (χ1n) is 6.11. The second-order valence-corrected chi connectivity index (χ2v) is 5.58. The molecule has 1 fully saturated rings. The summed E-state index contributed by atoms with van der Waals surface area (Å²) in [7, 11) is 2.10. The zero-order chi connectivity index (χ0) is 13.1. The third-order valence-electron chi connectivity index (χ3n) is 3.40. The highest BCUT2D eigenvalue weighted by molar-refractivity contribution is 9.10. The number of halogens is 1. The van der Waals surface area contributed by atoms with Crippen molar-refractivity contribution in [1.29, 1.82) is 0 Å². The van der Waals surface area contributed by atoms with Gasteiger partial charge in [-0.15, -0.1) is 0 Å². The SMILES string of the molecule is CN1CCCC1CNC(=O)c1cc(N)ccc1Br. The van der Waals surface area contributed by atoms with E-state index in [1.54, 1.807) is 18.2 Å². The predicted molar refractivity (Wildman–Crippen MR) is 76.5 cm³/mol. The van der Waals surface area contributed by atoms with E-state index in [4.69, 9.17) is 5.73 Å². The molecule has 1 aromatic carbocycles. The smallest absolute Gasteiger partial charge is 0.252 e. The van der Waals surface area contributed by atoms with Crippen molar-refractivity contribution in [1.82, 2.24) is 10.2 Å². The standard InChI is InChI=1S/C13H18BrN3O/c1-17-6-2-3-10(17)8-16-13(18)11-7-9(15)4-5-12(11)14/h4-5,7,10H,2-3,6,8,15H2,1H3,(H,16,18). The summed E-state index contributed by atoms with van der Waals surface area (Å²) in [6, 6.07) is 5.71. The summed E-state index contributed by atoms with van der Waals surface area (Å²) < 4.78 is 0.772. The summed E-state index contributed by atoms with van der Waals surface area (Å²) in [5.74, 6) is -0.0746. The summed E-state index contributed by atoms with van der Waals surface area (Å²) in [5, 5.41) is 2.97. The molecule has 1 heterocycles. The van der Waals surface area contributed by atoms with Crippen LogP contribution in [0.4, 0.5) is 5.69 Å². The Bertz CT molecular complexity index is 450. The first kappa shape index (κ1) is 13.4. The van der Waals surface area contributed by atoms with Gasteiger partial charge < -0.3 is 16.0 Å². The number of nitrogens with zero attached hydrogens (tertiary/aromatic N) is 1. The van der Waals surface area contributed by atoms with Crippen molar-refractivity contribution in [3.05, 3.63) is 28.2 Å². The quantitative estimate of drug-likeness (QED) is 0.838. The van der Waals surface area contributed by atoms with Gasteiger partial charge in [-0.25, -0.2) is 0 Å². The van der Waals surface area contributed by atoms with E-state index in [9.17, 15) is 4.79 Å². The van der Waals surface area contributed by atoms with Crippen LogP contribution >= 0.6 is 15.9 Å². The first-order valence-corrected chi connectivity index (χ1v) is 6.90. The molecule has 1 aliphatic heterocycles. The van der Waals surface area contributed by atoms with Crippen molar-refractivity contribution >= 4 is 27.5 Å². The molecule has 2 rings (SSSR count). The van der Waals surface area contributed by atoms with E-state index < -0.39 is 0 Å². The third-order valence-corrected chi connectivity index (χ3v) is 4.10. The number of likely N-dealkylation sites (tertiary alicyclic amines) is 1. The van der Waals surface area contributed by atoms with E-state index in [-0.39, 0.29) is 5.91 Å². The van der Waals surface area contributed by atoms with Crippen LogP contribution in [0.3, 0.4) is 0 Å². The van der Waals surface area contributed by atoms with Crippen molar-refractivity contribution in [2.45, 2.75) is 18.9 Å². The molecule has 98 valence electrons. The number of hydrogen-bond acceptors (Lipinski definition) is 3. The van der Waals surface area contributed by atoms with E-state index in [0.29, 0.717) is 23.8 Å². The Morgan fingerprint density at radius 1 is 1.61 bits per heavy atom. The third kappa shape index (κ3) is 3.03. The molecule has 1 unspecified atom stereocenters. The first-order chi connectivity index (χ1) is 8.58. The fraction of sp³-hybridized carbons (Fsp3) is 0.462. The second-order valence-electron chi connectivity index (χ2n) is 4.73. The maximum Gasteiger partial charge on any atom is 0.252 e. The number of amides is 1. The number of anilines is 1. The number of hydrogen-bond donors (Lipinski definition) is 2. The van der Waals surface area contributed by atoms with E-state index in [1.165, 1.54) is 6.42 Å². The highest BCUT2D eigenvalue weighted by atomic mass is 79.9. The van der Waals surface area contributed by atoms with Crippen LogP contribution < -0.4 is 11.1 Å². The van der Waals surface area contributed by atoms with E-state index in [2.05, 4.69) is 33.2 Å². The molecule has 0 aromatic heterocycles. The summed E-state index contributed by atoms with van der Waals surface area (Å²) in [4.78, 5) is 14.4. The molecule has 4 nitrogen and oxygen atoms in total. The van der Waals surface area contributed by atoms with Crippen LogP contribution in [0.1, 0.15) is 23.2 Å². The molecule has 3 N–H and O–H groups in total. The van der Waals surface area contributed by atoms with Gasteiger partial charge in [0.25, 0.3) is 5.91 Å². The van der Waals surface area contributed by atoms with Crippen molar-refractivity contribution < 1.29 is 4.79 Å². The molecule has 0 aliphatic carbocycles. The van der Waals surface area contributed by atoms with Gasteiger partial charge in [-0.3, -0.25) is 4.79 Å². The summed E-state index contributed by atoms with van der Waals surface area (Å²) in [6.45, 7) is 1.80. The predicted octanol–water partition coefficient (Wildman–Crippen LogP) is 1.86. The van der Waals surface area contributed by atoms with Crippen LogP contribution in [0.15, 0.2) is 22.7 Å². The van der Waals surface area contributed by atoms with Gasteiger partial charge in [0.1, 0.15) is 0 Å². The Morgan fingerprint density at radius 3 is 3.06 bits per heavy atom. The number of likely N-dealkylation sites (N-methyl/N-ethyl adjacent to an activating group) is 1. The molecule has 5 heteroatoms. The largest absolute Gasteiger partial charge is 0.399 e. The molecule has 0 radical (unpaired) electrons. The number of carbonyl (C=O) groups is 1. The van der Waals surface area contributed by atoms with E-state index >= 15 is 0 Å². The van der Waals surface area contributed by atoms with Crippen molar-refractivity contribution in [2.24, 2.45) is 0 Å². The Balaban J connectivity index is 1.97. The molecule has 0 spiro atoms. The van der Waals surface area contributed by atoms with Gasteiger partial charge in [-0.05, 0) is 60.6 Å². The fourth-order valence-electron chi connectivity index (χ4n) is 2.26. The highest BCUT2D eigenvalue weighted by Crippen LogP contribution is 2.20. The lowest BCUT2D eigenvalue weighted by molar-refractivity contribution is 0.0943. The average Bonchev–Trinajstić information content (AvgIpc) is 2.75. The topological polar surface area (TPSA) is 58.4 Å². The number of nitrogen functional groups attached to an aromatic ring is 1. The van der Waals surface area contributed by atoms with Crippen LogP contribution in [0.25, 0.3) is 0 Å². The molecule has 18 heavy (non-hydrogen) atoms. The Hall–Kier alpha value is -1.07. The molecular formula is C13H18BrN3O. The zero-order valence-electron chi connectivity index (χ0n) is 10.4. The summed E-state index contributed by atoms with van der Waals surface area (Å²) in [5.41, 5.74) is 6.89. The van der Waals surface area contributed by atoms with Gasteiger partial charge in [-0.1, -0.05) is 0 Å². The lowest BCUT2D eigenvalue weighted by atomic mass is 10.1. The number of benzene rings is 1. The van der Waals surface area contributed by atoms with E-state index in [1.807, 2.05) is 0 Å². The minimum absolute atomic E-state index is 0.0746. The Kier molecular flexibility index (Phi) is 4.24. The molecule has 1 aliphatic rings. The fourth-order valence-corrected chi connectivity index (χ4v) is 2.69. The minimum Gasteiger partial charge on any atom is -0.399 e. The van der Waals surface area contributed by atoms with Gasteiger partial charge in [0.15, 0.2) is 0 Å². The van der Waals surface area contributed by atoms with Crippen LogP contribution in [0.5, 0.6) is 0 Å². The van der Waals surface area contributed by atoms with Gasteiger partial charge >= 0.3 is 0 Å². The molecule has 1 amide bonds. The lowest BCUT2D eigenvalue weighted by Gasteiger charge is -2.19. The van der Waals surface area contributed by atoms with Gasteiger partial charge in [0, 0.05) is 22.7 Å².